The summed E-state index contributed by atoms with van der Waals surface area (Å²) in [4.78, 5) is 7.58. The predicted octanol–water partition coefficient (Wildman–Crippen LogP) is 3.37. The molecule has 1 aliphatic rings. The molecule has 1 aliphatic heterocycles. The van der Waals surface area contributed by atoms with Gasteiger partial charge in [-0.15, -0.1) is 0 Å². The van der Waals surface area contributed by atoms with Gasteiger partial charge in [-0.2, -0.15) is 13.2 Å². The molecular formula is C21H25ClF3N3O3. The summed E-state index contributed by atoms with van der Waals surface area (Å²) < 4.78 is 43.3. The molecule has 2 heterocycles. The summed E-state index contributed by atoms with van der Waals surface area (Å²) in [5, 5.41) is 20.2. The second-order valence-corrected chi connectivity index (χ2v) is 7.96. The molecule has 1 aromatic carbocycles. The molecule has 2 aromatic rings. The van der Waals surface area contributed by atoms with Crippen LogP contribution < -0.4 is 9.64 Å². The van der Waals surface area contributed by atoms with Gasteiger partial charge in [0.2, 0.25) is 0 Å². The van der Waals surface area contributed by atoms with E-state index in [0.29, 0.717) is 49.1 Å². The van der Waals surface area contributed by atoms with Gasteiger partial charge in [0.1, 0.15) is 18.1 Å². The molecule has 31 heavy (non-hydrogen) atoms. The molecule has 170 valence electrons. The molecule has 0 spiro atoms. The Morgan fingerprint density at radius 3 is 2.39 bits per heavy atom. The number of aliphatic hydroxyl groups is 2. The number of benzene rings is 1. The summed E-state index contributed by atoms with van der Waals surface area (Å²) in [6, 6.07) is 7.53. The average Bonchev–Trinajstić information content (AvgIpc) is 2.72. The van der Waals surface area contributed by atoms with E-state index in [1.807, 2.05) is 11.0 Å². The highest BCUT2D eigenvalue weighted by Gasteiger charge is 2.32. The first-order chi connectivity index (χ1) is 14.6. The topological polar surface area (TPSA) is 69.1 Å². The van der Waals surface area contributed by atoms with Crippen LogP contribution in [0, 0.1) is 0 Å². The lowest BCUT2D eigenvalue weighted by Gasteiger charge is -2.37. The summed E-state index contributed by atoms with van der Waals surface area (Å²) in [7, 11) is 0. The van der Waals surface area contributed by atoms with E-state index in [1.165, 1.54) is 6.07 Å². The molecule has 0 radical (unpaired) electrons. The SMILES string of the molecule is CC(O)COc1ccc(N2CCN(CC(O)c3ccc(C(F)(F)F)nc3)CC2)c(Cl)c1. The van der Waals surface area contributed by atoms with Crippen LogP contribution in [0.25, 0.3) is 0 Å². The quantitative estimate of drug-likeness (QED) is 0.661. The lowest BCUT2D eigenvalue weighted by atomic mass is 10.1. The normalized spacial score (nSPS) is 17.5. The molecule has 6 nitrogen and oxygen atoms in total. The fraction of sp³-hybridized carbons (Fsp3) is 0.476. The third-order valence-corrected chi connectivity index (χ3v) is 5.32. The smallest absolute Gasteiger partial charge is 0.433 e. The third kappa shape index (κ3) is 6.46. The van der Waals surface area contributed by atoms with E-state index in [4.69, 9.17) is 16.3 Å². The number of aromatic nitrogens is 1. The van der Waals surface area contributed by atoms with Crippen molar-refractivity contribution < 1.29 is 28.1 Å². The van der Waals surface area contributed by atoms with E-state index in [1.54, 1.807) is 19.1 Å². The van der Waals surface area contributed by atoms with Crippen molar-refractivity contribution in [3.8, 4) is 5.75 Å². The van der Waals surface area contributed by atoms with Crippen LogP contribution in [-0.4, -0.2) is 65.5 Å². The Morgan fingerprint density at radius 2 is 1.84 bits per heavy atom. The minimum Gasteiger partial charge on any atom is -0.491 e. The molecule has 2 unspecified atom stereocenters. The van der Waals surface area contributed by atoms with Crippen LogP contribution in [0.4, 0.5) is 18.9 Å². The van der Waals surface area contributed by atoms with E-state index in [2.05, 4.69) is 9.88 Å². The van der Waals surface area contributed by atoms with Crippen LogP contribution in [0.1, 0.15) is 24.3 Å². The molecule has 1 saturated heterocycles. The van der Waals surface area contributed by atoms with Crippen LogP contribution in [0.15, 0.2) is 36.5 Å². The second kappa shape index (κ2) is 10.0. The van der Waals surface area contributed by atoms with Crippen molar-refractivity contribution in [2.24, 2.45) is 0 Å². The summed E-state index contributed by atoms with van der Waals surface area (Å²) >= 11 is 6.40. The minimum atomic E-state index is -4.50. The highest BCUT2D eigenvalue weighted by molar-refractivity contribution is 6.33. The Balaban J connectivity index is 1.52. The number of aliphatic hydroxyl groups excluding tert-OH is 2. The molecule has 1 fully saturated rings. The fourth-order valence-electron chi connectivity index (χ4n) is 3.34. The van der Waals surface area contributed by atoms with Crippen molar-refractivity contribution in [3.63, 3.8) is 0 Å². The lowest BCUT2D eigenvalue weighted by molar-refractivity contribution is -0.141. The largest absolute Gasteiger partial charge is 0.491 e. The Labute approximate surface area is 183 Å². The standard InChI is InChI=1S/C21H25ClF3N3O3/c1-14(29)13-31-16-3-4-18(17(22)10-16)28-8-6-27(7-9-28)12-19(30)15-2-5-20(26-11-15)21(23,24)25/h2-5,10-11,14,19,29-30H,6-9,12-13H2,1H3. The zero-order chi connectivity index (χ0) is 22.6. The molecule has 2 atom stereocenters. The van der Waals surface area contributed by atoms with Crippen LogP contribution in [0.3, 0.4) is 0 Å². The van der Waals surface area contributed by atoms with E-state index in [-0.39, 0.29) is 6.61 Å². The van der Waals surface area contributed by atoms with Gasteiger partial charge < -0.3 is 19.8 Å². The first-order valence-electron chi connectivity index (χ1n) is 9.92. The summed E-state index contributed by atoms with van der Waals surface area (Å²) in [6.45, 7) is 4.84. The second-order valence-electron chi connectivity index (χ2n) is 7.55. The predicted molar refractivity (Wildman–Crippen MR) is 111 cm³/mol. The number of rotatable bonds is 7. The number of β-amino-alcohol motifs (C(OH)–C–C–N with tert-alkyl or cyclic N) is 1. The van der Waals surface area contributed by atoms with Gasteiger partial charge in [0.25, 0.3) is 0 Å². The zero-order valence-corrected chi connectivity index (χ0v) is 17.8. The summed E-state index contributed by atoms with van der Waals surface area (Å²) in [5.41, 5.74) is 0.251. The van der Waals surface area contributed by atoms with Crippen molar-refractivity contribution in [2.45, 2.75) is 25.3 Å². The highest BCUT2D eigenvalue weighted by atomic mass is 35.5. The monoisotopic (exact) mass is 459 g/mol. The number of hydrogen-bond acceptors (Lipinski definition) is 6. The van der Waals surface area contributed by atoms with Gasteiger partial charge in [0.05, 0.1) is 22.9 Å². The summed E-state index contributed by atoms with van der Waals surface area (Å²) in [5.74, 6) is 0.585. The molecule has 0 aliphatic carbocycles. The van der Waals surface area contributed by atoms with E-state index >= 15 is 0 Å². The van der Waals surface area contributed by atoms with Crippen LogP contribution in [-0.2, 0) is 6.18 Å². The molecule has 10 heteroatoms. The van der Waals surface area contributed by atoms with Crippen LogP contribution >= 0.6 is 11.6 Å². The number of pyridine rings is 1. The summed E-state index contributed by atoms with van der Waals surface area (Å²) in [6.07, 6.45) is -4.91. The van der Waals surface area contributed by atoms with Gasteiger partial charge in [-0.1, -0.05) is 17.7 Å². The van der Waals surface area contributed by atoms with E-state index < -0.39 is 24.1 Å². The molecule has 0 bridgehead atoms. The van der Waals surface area contributed by atoms with E-state index in [0.717, 1.165) is 18.0 Å². The number of piperazine rings is 1. The van der Waals surface area contributed by atoms with E-state index in [9.17, 15) is 23.4 Å². The Morgan fingerprint density at radius 1 is 1.13 bits per heavy atom. The number of hydrogen-bond donors (Lipinski definition) is 2. The number of alkyl halides is 3. The minimum absolute atomic E-state index is 0.186. The van der Waals surface area contributed by atoms with Gasteiger partial charge in [-0.25, -0.2) is 0 Å². The Bertz CT molecular complexity index is 857. The number of anilines is 1. The molecule has 2 N–H and O–H groups in total. The maximum Gasteiger partial charge on any atom is 0.433 e. The third-order valence-electron chi connectivity index (χ3n) is 5.02. The fourth-order valence-corrected chi connectivity index (χ4v) is 3.63. The van der Waals surface area contributed by atoms with Gasteiger partial charge in [0.15, 0.2) is 0 Å². The van der Waals surface area contributed by atoms with Gasteiger partial charge >= 0.3 is 6.18 Å². The van der Waals surface area contributed by atoms with Crippen molar-refractivity contribution >= 4 is 17.3 Å². The van der Waals surface area contributed by atoms with Gasteiger partial charge in [0, 0.05) is 50.6 Å². The number of halogens is 4. The first kappa shape index (κ1) is 23.6. The molecule has 3 rings (SSSR count). The number of ether oxygens (including phenoxy) is 1. The zero-order valence-electron chi connectivity index (χ0n) is 17.0. The maximum atomic E-state index is 12.6. The highest BCUT2D eigenvalue weighted by Crippen LogP contribution is 2.31. The number of nitrogens with zero attached hydrogens (tertiary/aromatic N) is 3. The van der Waals surface area contributed by atoms with Gasteiger partial charge in [-0.05, 0) is 25.1 Å². The Kier molecular flexibility index (Phi) is 7.64. The van der Waals surface area contributed by atoms with Crippen LogP contribution in [0.5, 0.6) is 5.75 Å². The molecule has 1 aromatic heterocycles. The van der Waals surface area contributed by atoms with Crippen LogP contribution in [0.2, 0.25) is 5.02 Å². The van der Waals surface area contributed by atoms with Crippen molar-refractivity contribution in [3.05, 3.63) is 52.8 Å². The maximum absolute atomic E-state index is 12.6. The van der Waals surface area contributed by atoms with Gasteiger partial charge in [-0.3, -0.25) is 9.88 Å². The van der Waals surface area contributed by atoms with Crippen molar-refractivity contribution in [2.75, 3.05) is 44.2 Å². The lowest BCUT2D eigenvalue weighted by Crippen LogP contribution is -2.47. The molecular weight excluding hydrogens is 435 g/mol. The Hall–Kier alpha value is -2.07. The molecule has 0 amide bonds. The average molecular weight is 460 g/mol. The van der Waals surface area contributed by atoms with Crippen molar-refractivity contribution in [1.82, 2.24) is 9.88 Å². The molecule has 0 saturated carbocycles. The van der Waals surface area contributed by atoms with Crippen molar-refractivity contribution in [1.29, 1.82) is 0 Å². The first-order valence-corrected chi connectivity index (χ1v) is 10.3.